The molecule has 1 N–H and O–H groups in total. The van der Waals surface area contributed by atoms with Crippen LogP contribution in [0, 0.1) is 5.82 Å². The van der Waals surface area contributed by atoms with E-state index in [-0.39, 0.29) is 11.2 Å². The van der Waals surface area contributed by atoms with Gasteiger partial charge in [0, 0.05) is 0 Å². The SMILES string of the molecule is C=Bc1c(O)cccc1F. The summed E-state index contributed by atoms with van der Waals surface area (Å²) >= 11 is 0. The van der Waals surface area contributed by atoms with Gasteiger partial charge >= 0.3 is 58.1 Å². The van der Waals surface area contributed by atoms with Crippen LogP contribution >= 0.6 is 0 Å². The van der Waals surface area contributed by atoms with Crippen molar-refractivity contribution in [2.24, 2.45) is 0 Å². The summed E-state index contributed by atoms with van der Waals surface area (Å²) in [5.74, 6) is -0.523. The number of hydrogen-bond acceptors (Lipinski definition) is 1. The second-order valence-electron chi connectivity index (χ2n) is 1.88. The van der Waals surface area contributed by atoms with Crippen molar-refractivity contribution in [1.29, 1.82) is 0 Å². The Morgan fingerprint density at radius 2 is 2.20 bits per heavy atom. The first kappa shape index (κ1) is 7.00. The van der Waals surface area contributed by atoms with Gasteiger partial charge in [-0.1, -0.05) is 0 Å². The quantitative estimate of drug-likeness (QED) is 0.550. The molecule has 1 aromatic carbocycles. The Kier molecular flexibility index (Phi) is 1.85. The summed E-state index contributed by atoms with van der Waals surface area (Å²) < 4.78 is 12.6. The molecule has 0 spiro atoms. The fourth-order valence-corrected chi connectivity index (χ4v) is 0.728. The summed E-state index contributed by atoms with van der Waals surface area (Å²) in [6, 6.07) is 4.13. The Hall–Kier alpha value is -1.12. The van der Waals surface area contributed by atoms with Crippen molar-refractivity contribution in [3.05, 3.63) is 24.0 Å². The molecule has 1 rings (SSSR count). The Labute approximate surface area is 59.0 Å². The number of hydrogen-bond donors (Lipinski definition) is 1. The van der Waals surface area contributed by atoms with Gasteiger partial charge in [0.25, 0.3) is 0 Å². The second-order valence-corrected chi connectivity index (χ2v) is 1.88. The Morgan fingerprint density at radius 1 is 1.50 bits per heavy atom. The molecule has 0 aliphatic heterocycles. The van der Waals surface area contributed by atoms with Gasteiger partial charge < -0.3 is 0 Å². The molecule has 0 unspecified atom stereocenters. The fraction of sp³-hybridized carbons (Fsp3) is 0. The summed E-state index contributed by atoms with van der Waals surface area (Å²) in [7, 11) is 0. The van der Waals surface area contributed by atoms with E-state index in [1.807, 2.05) is 0 Å². The third-order valence-corrected chi connectivity index (χ3v) is 1.23. The summed E-state index contributed by atoms with van der Waals surface area (Å²) in [4.78, 5) is 0. The minimum atomic E-state index is -0.449. The Bertz CT molecular complexity index is 240. The molecule has 0 fully saturated rings. The molecule has 50 valence electrons. The average Bonchev–Trinajstić information content (AvgIpc) is 1.88. The molecule has 0 aliphatic rings. The van der Waals surface area contributed by atoms with Crippen LogP contribution in [0.25, 0.3) is 0 Å². The number of aromatic hydroxyl groups is 1. The van der Waals surface area contributed by atoms with Gasteiger partial charge in [0.15, 0.2) is 0 Å². The van der Waals surface area contributed by atoms with E-state index in [1.54, 1.807) is 0 Å². The van der Waals surface area contributed by atoms with E-state index in [4.69, 9.17) is 5.11 Å². The zero-order valence-corrected chi connectivity index (χ0v) is 5.34. The summed E-state index contributed by atoms with van der Waals surface area (Å²) in [6.07, 6.45) is 0. The van der Waals surface area contributed by atoms with Crippen molar-refractivity contribution < 1.29 is 9.50 Å². The van der Waals surface area contributed by atoms with Crippen LogP contribution < -0.4 is 5.46 Å². The van der Waals surface area contributed by atoms with E-state index in [2.05, 4.69) is 6.47 Å². The first-order chi connectivity index (χ1) is 4.75. The summed E-state index contributed by atoms with van der Waals surface area (Å²) in [5.41, 5.74) is 0.155. The predicted molar refractivity (Wildman–Crippen MR) is 40.6 cm³/mol. The number of halogens is 1. The van der Waals surface area contributed by atoms with Crippen molar-refractivity contribution in [1.82, 2.24) is 0 Å². The maximum absolute atomic E-state index is 12.6. The molecule has 3 heteroatoms. The minimum absolute atomic E-state index is 0.0741. The molecule has 0 atom stereocenters. The molecular formula is C7H6BFO. The van der Waals surface area contributed by atoms with Gasteiger partial charge in [-0.25, -0.2) is 0 Å². The maximum atomic E-state index is 12.6. The zero-order chi connectivity index (χ0) is 7.56. The number of rotatable bonds is 1. The van der Waals surface area contributed by atoms with Crippen molar-refractivity contribution in [3.63, 3.8) is 0 Å². The van der Waals surface area contributed by atoms with Gasteiger partial charge in [-0.15, -0.1) is 0 Å². The molecule has 0 saturated carbocycles. The summed E-state index contributed by atoms with van der Waals surface area (Å²) in [5, 5.41) is 8.98. The normalized spacial score (nSPS) is 8.90. The van der Waals surface area contributed by atoms with Crippen LogP contribution in [0.5, 0.6) is 5.75 Å². The molecule has 10 heavy (non-hydrogen) atoms. The van der Waals surface area contributed by atoms with Crippen molar-refractivity contribution in [2.45, 2.75) is 0 Å². The van der Waals surface area contributed by atoms with E-state index in [0.29, 0.717) is 0 Å². The zero-order valence-electron chi connectivity index (χ0n) is 5.34. The van der Waals surface area contributed by atoms with E-state index in [9.17, 15) is 4.39 Å². The van der Waals surface area contributed by atoms with E-state index in [1.165, 1.54) is 25.1 Å². The van der Waals surface area contributed by atoms with Crippen LogP contribution in [-0.2, 0) is 0 Å². The van der Waals surface area contributed by atoms with Gasteiger partial charge in [0.2, 0.25) is 0 Å². The van der Waals surface area contributed by atoms with Gasteiger partial charge in [0.05, 0.1) is 0 Å². The molecule has 0 aliphatic carbocycles. The molecule has 0 saturated heterocycles. The topological polar surface area (TPSA) is 20.2 Å². The molecule has 0 amide bonds. The van der Waals surface area contributed by atoms with Gasteiger partial charge in [-0.05, 0) is 0 Å². The number of phenols is 1. The third kappa shape index (κ3) is 1.08. The average molecular weight is 136 g/mol. The predicted octanol–water partition coefficient (Wildman–Crippen LogP) is 0.293. The third-order valence-electron chi connectivity index (χ3n) is 1.23. The number of phenolic OH excluding ortho intramolecular Hbond substituents is 1. The van der Waals surface area contributed by atoms with Crippen molar-refractivity contribution in [3.8, 4) is 5.75 Å². The molecule has 0 radical (unpaired) electrons. The van der Waals surface area contributed by atoms with Crippen LogP contribution in [0.4, 0.5) is 4.39 Å². The molecular weight excluding hydrogens is 130 g/mol. The molecule has 1 aromatic rings. The number of benzene rings is 1. The Morgan fingerprint density at radius 3 is 2.60 bits per heavy atom. The monoisotopic (exact) mass is 136 g/mol. The van der Waals surface area contributed by atoms with Crippen LogP contribution in [0.2, 0.25) is 0 Å². The Balaban J connectivity index is 3.30. The van der Waals surface area contributed by atoms with Crippen molar-refractivity contribution in [2.75, 3.05) is 0 Å². The molecule has 0 heterocycles. The molecule has 0 bridgehead atoms. The molecule has 1 nitrogen and oxygen atoms in total. The van der Waals surface area contributed by atoms with Crippen molar-refractivity contribution >= 4 is 18.9 Å². The first-order valence-electron chi connectivity index (χ1n) is 2.85. The standard InChI is InChI=1S/C7H6BFO/c1-8-7-5(9)3-2-4-6(7)10/h2-4,10H,1H2. The van der Waals surface area contributed by atoms with Crippen LogP contribution in [0.1, 0.15) is 0 Å². The van der Waals surface area contributed by atoms with Gasteiger partial charge in [-0.2, -0.15) is 0 Å². The van der Waals surface area contributed by atoms with E-state index < -0.39 is 5.82 Å². The van der Waals surface area contributed by atoms with E-state index in [0.717, 1.165) is 0 Å². The second kappa shape index (κ2) is 2.65. The van der Waals surface area contributed by atoms with Crippen LogP contribution in [0.3, 0.4) is 0 Å². The first-order valence-corrected chi connectivity index (χ1v) is 2.85. The summed E-state index contributed by atoms with van der Waals surface area (Å²) in [6.45, 7) is 4.64. The van der Waals surface area contributed by atoms with E-state index >= 15 is 0 Å². The fourth-order valence-electron chi connectivity index (χ4n) is 0.728. The van der Waals surface area contributed by atoms with Gasteiger partial charge in [-0.3, -0.25) is 0 Å². The van der Waals surface area contributed by atoms with Gasteiger partial charge in [0.1, 0.15) is 0 Å². The molecule has 0 aromatic heterocycles. The van der Waals surface area contributed by atoms with Crippen LogP contribution in [0.15, 0.2) is 18.2 Å². The van der Waals surface area contributed by atoms with Crippen LogP contribution in [-0.4, -0.2) is 18.5 Å².